The zero-order valence-electron chi connectivity index (χ0n) is 20.1. The summed E-state index contributed by atoms with van der Waals surface area (Å²) in [5, 5.41) is 0.993. The van der Waals surface area contributed by atoms with Crippen LogP contribution >= 0.6 is 11.3 Å². The summed E-state index contributed by atoms with van der Waals surface area (Å²) in [6, 6.07) is 13.0. The highest BCUT2D eigenvalue weighted by atomic mass is 32.1. The lowest BCUT2D eigenvalue weighted by atomic mass is 10.0. The summed E-state index contributed by atoms with van der Waals surface area (Å²) in [4.78, 5) is 21.2. The lowest BCUT2D eigenvalue weighted by molar-refractivity contribution is -0.130. The first-order valence-corrected chi connectivity index (χ1v) is 13.4. The fourth-order valence-electron chi connectivity index (χ4n) is 5.35. The van der Waals surface area contributed by atoms with Crippen molar-refractivity contribution in [2.24, 2.45) is 0 Å². The Hall–Kier alpha value is -2.68. The minimum Gasteiger partial charge on any atom is -0.488 e. The van der Waals surface area contributed by atoms with Crippen LogP contribution in [-0.2, 0) is 16.1 Å². The third kappa shape index (κ3) is 4.75. The summed E-state index contributed by atoms with van der Waals surface area (Å²) in [5.74, 6) is 1.82. The highest BCUT2D eigenvalue weighted by Crippen LogP contribution is 2.41. The van der Waals surface area contributed by atoms with Gasteiger partial charge in [-0.05, 0) is 37.1 Å². The molecule has 4 heterocycles. The molecule has 0 saturated carbocycles. The average Bonchev–Trinajstić information content (AvgIpc) is 3.49. The normalized spacial score (nSPS) is 21.5. The SMILES string of the molecule is CC(=O)N1CCC(N2CCOc3c(cc(-c4nc5ccccc5s4)cc3O[C@H]3CCOC3)C2)CC1. The van der Waals surface area contributed by atoms with Gasteiger partial charge in [-0.2, -0.15) is 0 Å². The minimum absolute atomic E-state index is 0.0450. The van der Waals surface area contributed by atoms with Gasteiger partial charge in [-0.25, -0.2) is 4.98 Å². The Morgan fingerprint density at radius 1 is 1.11 bits per heavy atom. The van der Waals surface area contributed by atoms with E-state index in [-0.39, 0.29) is 12.0 Å². The molecule has 2 fully saturated rings. The van der Waals surface area contributed by atoms with Crippen LogP contribution in [-0.4, -0.2) is 72.3 Å². The van der Waals surface area contributed by atoms with Gasteiger partial charge >= 0.3 is 0 Å². The molecule has 8 heteroatoms. The van der Waals surface area contributed by atoms with E-state index >= 15 is 0 Å². The molecule has 0 aliphatic carbocycles. The van der Waals surface area contributed by atoms with E-state index in [0.717, 1.165) is 85.2 Å². The maximum Gasteiger partial charge on any atom is 0.219 e. The number of benzene rings is 2. The minimum atomic E-state index is 0.0450. The van der Waals surface area contributed by atoms with Gasteiger partial charge < -0.3 is 19.1 Å². The number of hydrogen-bond acceptors (Lipinski definition) is 7. The van der Waals surface area contributed by atoms with E-state index in [9.17, 15) is 4.79 Å². The Bertz CT molecular complexity index is 1180. The molecule has 3 aliphatic rings. The molecule has 0 unspecified atom stereocenters. The summed E-state index contributed by atoms with van der Waals surface area (Å²) >= 11 is 1.71. The summed E-state index contributed by atoms with van der Waals surface area (Å²) in [7, 11) is 0. The zero-order chi connectivity index (χ0) is 23.8. The molecular formula is C27H31N3O4S. The zero-order valence-corrected chi connectivity index (χ0v) is 20.9. The fourth-order valence-corrected chi connectivity index (χ4v) is 6.31. The van der Waals surface area contributed by atoms with Crippen molar-refractivity contribution < 1.29 is 19.0 Å². The van der Waals surface area contributed by atoms with E-state index in [1.165, 1.54) is 4.70 Å². The van der Waals surface area contributed by atoms with Crippen molar-refractivity contribution in [3.63, 3.8) is 0 Å². The first-order valence-electron chi connectivity index (χ1n) is 12.5. The molecule has 2 aromatic carbocycles. The Kier molecular flexibility index (Phi) is 6.35. The number of hydrogen-bond donors (Lipinski definition) is 0. The molecule has 0 spiro atoms. The van der Waals surface area contributed by atoms with Crippen LogP contribution in [0, 0.1) is 0 Å². The summed E-state index contributed by atoms with van der Waals surface area (Å²) in [5.41, 5.74) is 3.22. The van der Waals surface area contributed by atoms with Gasteiger partial charge in [0.05, 0.1) is 23.4 Å². The van der Waals surface area contributed by atoms with E-state index in [2.05, 4.69) is 35.2 Å². The molecule has 6 rings (SSSR count). The Morgan fingerprint density at radius 2 is 1.97 bits per heavy atom. The Morgan fingerprint density at radius 3 is 2.74 bits per heavy atom. The van der Waals surface area contributed by atoms with Crippen molar-refractivity contribution in [1.29, 1.82) is 0 Å². The monoisotopic (exact) mass is 493 g/mol. The number of carbonyl (C=O) groups excluding carboxylic acids is 1. The molecular weight excluding hydrogens is 462 g/mol. The number of ether oxygens (including phenoxy) is 3. The number of likely N-dealkylation sites (tertiary alicyclic amines) is 1. The van der Waals surface area contributed by atoms with Gasteiger partial charge in [-0.15, -0.1) is 11.3 Å². The standard InChI is InChI=1S/C27H31N3O4S/c1-18(31)29-9-6-21(7-10-29)30-11-13-33-26-20(16-30)14-19(15-24(26)34-22-8-12-32-17-22)27-28-23-4-2-3-5-25(23)35-27/h2-5,14-15,21-22H,6-13,16-17H2,1H3/t22-/m0/s1. The third-order valence-electron chi connectivity index (χ3n) is 7.28. The smallest absolute Gasteiger partial charge is 0.219 e. The van der Waals surface area contributed by atoms with E-state index in [1.54, 1.807) is 18.3 Å². The van der Waals surface area contributed by atoms with Crippen molar-refractivity contribution in [3.05, 3.63) is 42.0 Å². The molecule has 184 valence electrons. The highest BCUT2D eigenvalue weighted by Gasteiger charge is 2.30. The number of thiazole rings is 1. The second-order valence-corrected chi connectivity index (χ2v) is 10.6. The highest BCUT2D eigenvalue weighted by molar-refractivity contribution is 7.21. The first-order chi connectivity index (χ1) is 17.1. The maximum atomic E-state index is 11.8. The van der Waals surface area contributed by atoms with Crippen LogP contribution in [0.1, 0.15) is 31.7 Å². The molecule has 0 bridgehead atoms. The van der Waals surface area contributed by atoms with Crippen molar-refractivity contribution in [2.45, 2.75) is 44.9 Å². The Labute approximate surface area is 209 Å². The van der Waals surface area contributed by atoms with Gasteiger partial charge in [-0.3, -0.25) is 9.69 Å². The second-order valence-electron chi connectivity index (χ2n) is 9.61. The maximum absolute atomic E-state index is 11.8. The van der Waals surface area contributed by atoms with Crippen LogP contribution in [0.25, 0.3) is 20.8 Å². The number of rotatable bonds is 4. The topological polar surface area (TPSA) is 64.1 Å². The lowest BCUT2D eigenvalue weighted by Crippen LogP contribution is -2.46. The van der Waals surface area contributed by atoms with Gasteiger partial charge in [-0.1, -0.05) is 12.1 Å². The van der Waals surface area contributed by atoms with Gasteiger partial charge in [0.1, 0.15) is 17.7 Å². The molecule has 35 heavy (non-hydrogen) atoms. The lowest BCUT2D eigenvalue weighted by Gasteiger charge is -2.37. The largest absolute Gasteiger partial charge is 0.488 e. The molecule has 2 saturated heterocycles. The van der Waals surface area contributed by atoms with Crippen LogP contribution in [0.15, 0.2) is 36.4 Å². The summed E-state index contributed by atoms with van der Waals surface area (Å²) in [6.07, 6.45) is 2.93. The van der Waals surface area contributed by atoms with E-state index in [1.807, 2.05) is 11.0 Å². The number of carbonyl (C=O) groups is 1. The van der Waals surface area contributed by atoms with Crippen LogP contribution < -0.4 is 9.47 Å². The number of piperidine rings is 1. The molecule has 3 aromatic rings. The van der Waals surface area contributed by atoms with Crippen LogP contribution in [0.3, 0.4) is 0 Å². The van der Waals surface area contributed by atoms with Crippen molar-refractivity contribution >= 4 is 27.5 Å². The molecule has 1 aromatic heterocycles. The molecule has 0 N–H and O–H groups in total. The fraction of sp³-hybridized carbons (Fsp3) is 0.481. The number of fused-ring (bicyclic) bond motifs is 2. The van der Waals surface area contributed by atoms with Crippen molar-refractivity contribution in [3.8, 4) is 22.1 Å². The number of amides is 1. The van der Waals surface area contributed by atoms with Gasteiger partial charge in [0.25, 0.3) is 0 Å². The van der Waals surface area contributed by atoms with E-state index < -0.39 is 0 Å². The van der Waals surface area contributed by atoms with Gasteiger partial charge in [0, 0.05) is 56.7 Å². The Balaban J connectivity index is 1.33. The van der Waals surface area contributed by atoms with Gasteiger partial charge in [0.2, 0.25) is 5.91 Å². The number of aromatic nitrogens is 1. The number of nitrogens with zero attached hydrogens (tertiary/aromatic N) is 3. The average molecular weight is 494 g/mol. The predicted octanol–water partition coefficient (Wildman–Crippen LogP) is 4.34. The molecule has 3 aliphatic heterocycles. The van der Waals surface area contributed by atoms with Crippen LogP contribution in [0.4, 0.5) is 0 Å². The van der Waals surface area contributed by atoms with Crippen molar-refractivity contribution in [1.82, 2.24) is 14.8 Å². The third-order valence-corrected chi connectivity index (χ3v) is 8.36. The van der Waals surface area contributed by atoms with Crippen LogP contribution in [0.5, 0.6) is 11.5 Å². The quantitative estimate of drug-likeness (QED) is 0.539. The van der Waals surface area contributed by atoms with E-state index in [0.29, 0.717) is 19.3 Å². The summed E-state index contributed by atoms with van der Waals surface area (Å²) < 4.78 is 19.5. The van der Waals surface area contributed by atoms with Crippen LogP contribution in [0.2, 0.25) is 0 Å². The molecule has 0 radical (unpaired) electrons. The second kappa shape index (κ2) is 9.76. The molecule has 7 nitrogen and oxygen atoms in total. The first kappa shape index (κ1) is 22.8. The van der Waals surface area contributed by atoms with Crippen molar-refractivity contribution in [2.75, 3.05) is 39.5 Å². The molecule has 1 atom stereocenters. The molecule has 1 amide bonds. The summed E-state index contributed by atoms with van der Waals surface area (Å²) in [6.45, 7) is 6.95. The van der Waals surface area contributed by atoms with E-state index in [4.69, 9.17) is 19.2 Å². The predicted molar refractivity (Wildman–Crippen MR) is 136 cm³/mol. The number of para-hydroxylation sites is 1. The van der Waals surface area contributed by atoms with Gasteiger partial charge in [0.15, 0.2) is 11.5 Å².